The van der Waals surface area contributed by atoms with Crippen LogP contribution in [0.3, 0.4) is 0 Å². The van der Waals surface area contributed by atoms with E-state index in [-0.39, 0.29) is 24.2 Å². The number of hydrogen-bond donors (Lipinski definition) is 1. The molecule has 0 saturated carbocycles. The summed E-state index contributed by atoms with van der Waals surface area (Å²) in [4.78, 5) is 14.1. The van der Waals surface area contributed by atoms with Crippen LogP contribution < -0.4 is 4.90 Å². The first-order valence-electron chi connectivity index (χ1n) is 10.3. The van der Waals surface area contributed by atoms with Crippen LogP contribution in [0.1, 0.15) is 17.0 Å². The molecule has 0 spiro atoms. The van der Waals surface area contributed by atoms with Crippen molar-refractivity contribution in [2.45, 2.75) is 31.8 Å². The molecule has 1 N–H and O–H groups in total. The second kappa shape index (κ2) is 8.90. The van der Waals surface area contributed by atoms with Gasteiger partial charge in [-0.1, -0.05) is 23.7 Å². The van der Waals surface area contributed by atoms with Crippen LogP contribution in [-0.4, -0.2) is 76.3 Å². The number of piperazine rings is 1. The second-order valence-electron chi connectivity index (χ2n) is 8.17. The highest BCUT2D eigenvalue weighted by molar-refractivity contribution is 6.30. The Bertz CT molecular complexity index is 903. The summed E-state index contributed by atoms with van der Waals surface area (Å²) in [7, 11) is 0. The van der Waals surface area contributed by atoms with Crippen molar-refractivity contribution in [3.8, 4) is 0 Å². The van der Waals surface area contributed by atoms with E-state index < -0.39 is 18.0 Å². The van der Waals surface area contributed by atoms with E-state index in [0.717, 1.165) is 38.8 Å². The Labute approximate surface area is 184 Å². The molecule has 2 fully saturated rings. The number of halogens is 4. The Morgan fingerprint density at radius 1 is 1.06 bits per heavy atom. The maximum Gasteiger partial charge on any atom is 0.433 e. The predicted molar refractivity (Wildman–Crippen MR) is 112 cm³/mol. The lowest BCUT2D eigenvalue weighted by Crippen LogP contribution is -2.53. The molecule has 1 aromatic carbocycles. The van der Waals surface area contributed by atoms with Gasteiger partial charge in [-0.25, -0.2) is 9.97 Å². The van der Waals surface area contributed by atoms with Gasteiger partial charge < -0.3 is 10.0 Å². The number of anilines is 1. The summed E-state index contributed by atoms with van der Waals surface area (Å²) in [6, 6.07) is 8.58. The normalized spacial score (nSPS) is 23.5. The molecule has 0 amide bonds. The van der Waals surface area contributed by atoms with Crippen LogP contribution in [0.15, 0.2) is 30.3 Å². The van der Waals surface area contributed by atoms with Gasteiger partial charge in [0.05, 0.1) is 12.1 Å². The highest BCUT2D eigenvalue weighted by Gasteiger charge is 2.39. The van der Waals surface area contributed by atoms with E-state index in [1.54, 1.807) is 4.90 Å². The molecule has 2 aromatic rings. The van der Waals surface area contributed by atoms with E-state index >= 15 is 0 Å². The van der Waals surface area contributed by atoms with Crippen molar-refractivity contribution in [3.05, 3.63) is 52.3 Å². The Morgan fingerprint density at radius 2 is 1.74 bits per heavy atom. The van der Waals surface area contributed by atoms with Gasteiger partial charge in [-0.15, -0.1) is 0 Å². The van der Waals surface area contributed by atoms with Crippen LogP contribution in [0.5, 0.6) is 0 Å². The van der Waals surface area contributed by atoms with Gasteiger partial charge in [0.25, 0.3) is 0 Å². The molecule has 10 heteroatoms. The lowest BCUT2D eigenvalue weighted by Gasteiger charge is -2.38. The van der Waals surface area contributed by atoms with E-state index in [1.165, 1.54) is 12.5 Å². The average molecular weight is 456 g/mol. The van der Waals surface area contributed by atoms with Crippen LogP contribution in [0.4, 0.5) is 19.1 Å². The summed E-state index contributed by atoms with van der Waals surface area (Å²) in [5.74, 6) is 0.0234. The number of alkyl halides is 3. The molecular weight excluding hydrogens is 431 g/mol. The van der Waals surface area contributed by atoms with E-state index in [9.17, 15) is 18.3 Å². The standard InChI is InChI=1S/C21H25ClF3N5O/c1-14-10-19(21(23,24)25)27-20(26-14)30-12-17(18(31)13-30)29-8-6-28(7-9-29)11-15-2-4-16(22)5-3-15/h2-5,10,17-18,31H,6-9,11-13H2,1H3. The molecule has 0 radical (unpaired) electrons. The van der Waals surface area contributed by atoms with Crippen LogP contribution >= 0.6 is 11.6 Å². The zero-order valence-corrected chi connectivity index (χ0v) is 17.9. The maximum atomic E-state index is 13.1. The number of aliphatic hydroxyl groups is 1. The molecule has 6 nitrogen and oxygen atoms in total. The summed E-state index contributed by atoms with van der Waals surface area (Å²) in [5.41, 5.74) is 0.497. The molecule has 168 valence electrons. The van der Waals surface area contributed by atoms with Crippen molar-refractivity contribution in [3.63, 3.8) is 0 Å². The van der Waals surface area contributed by atoms with Crippen molar-refractivity contribution < 1.29 is 18.3 Å². The Morgan fingerprint density at radius 3 is 2.39 bits per heavy atom. The quantitative estimate of drug-likeness (QED) is 0.765. The number of β-amino-alcohol motifs (C(OH)–C–C–N with tert-alkyl or cyclic N) is 1. The number of aliphatic hydroxyl groups excluding tert-OH is 1. The zero-order valence-electron chi connectivity index (χ0n) is 17.2. The van der Waals surface area contributed by atoms with Crippen molar-refractivity contribution >= 4 is 17.5 Å². The molecule has 2 atom stereocenters. The van der Waals surface area contributed by atoms with Gasteiger partial charge in [0, 0.05) is 56.5 Å². The molecule has 0 aliphatic carbocycles. The van der Waals surface area contributed by atoms with Crippen molar-refractivity contribution in [1.82, 2.24) is 19.8 Å². The van der Waals surface area contributed by atoms with E-state index in [1.807, 2.05) is 24.3 Å². The number of aromatic nitrogens is 2. The van der Waals surface area contributed by atoms with Crippen LogP contribution in [0.2, 0.25) is 5.02 Å². The van der Waals surface area contributed by atoms with E-state index in [4.69, 9.17) is 11.6 Å². The monoisotopic (exact) mass is 455 g/mol. The molecule has 2 aliphatic heterocycles. The third kappa shape index (κ3) is 5.28. The van der Waals surface area contributed by atoms with Crippen molar-refractivity contribution in [2.75, 3.05) is 44.2 Å². The topological polar surface area (TPSA) is 55.7 Å². The fourth-order valence-corrected chi connectivity index (χ4v) is 4.36. The van der Waals surface area contributed by atoms with Crippen LogP contribution in [0.25, 0.3) is 0 Å². The second-order valence-corrected chi connectivity index (χ2v) is 8.61. The molecule has 2 aliphatic rings. The SMILES string of the molecule is Cc1cc(C(F)(F)F)nc(N2CC(O)C(N3CCN(Cc4ccc(Cl)cc4)CC3)C2)n1. The highest BCUT2D eigenvalue weighted by Crippen LogP contribution is 2.30. The summed E-state index contributed by atoms with van der Waals surface area (Å²) in [5, 5.41) is 11.3. The van der Waals surface area contributed by atoms with Crippen LogP contribution in [0, 0.1) is 6.92 Å². The van der Waals surface area contributed by atoms with Gasteiger partial charge in [-0.2, -0.15) is 13.2 Å². The molecule has 2 saturated heterocycles. The fraction of sp³-hybridized carbons (Fsp3) is 0.524. The number of rotatable bonds is 4. The molecule has 2 unspecified atom stereocenters. The van der Waals surface area contributed by atoms with Crippen molar-refractivity contribution in [1.29, 1.82) is 0 Å². The molecule has 0 bridgehead atoms. The van der Waals surface area contributed by atoms with E-state index in [0.29, 0.717) is 11.6 Å². The van der Waals surface area contributed by atoms with Gasteiger partial charge in [-0.05, 0) is 30.7 Å². The molecule has 3 heterocycles. The molecule has 1 aromatic heterocycles. The summed E-state index contributed by atoms with van der Waals surface area (Å²) in [6.45, 7) is 6.24. The first kappa shape index (κ1) is 22.3. The molecular formula is C21H25ClF3N5O. The van der Waals surface area contributed by atoms with Gasteiger partial charge >= 0.3 is 6.18 Å². The van der Waals surface area contributed by atoms with Gasteiger partial charge in [-0.3, -0.25) is 9.80 Å². The minimum absolute atomic E-state index is 0.0234. The zero-order chi connectivity index (χ0) is 22.2. The van der Waals surface area contributed by atoms with E-state index in [2.05, 4.69) is 19.8 Å². The number of benzene rings is 1. The predicted octanol–water partition coefficient (Wildman–Crippen LogP) is 2.82. The summed E-state index contributed by atoms with van der Waals surface area (Å²) >= 11 is 5.94. The highest BCUT2D eigenvalue weighted by atomic mass is 35.5. The molecule has 4 rings (SSSR count). The summed E-state index contributed by atoms with van der Waals surface area (Å²) in [6.07, 6.45) is -5.19. The minimum Gasteiger partial charge on any atom is -0.390 e. The number of aryl methyl sites for hydroxylation is 1. The number of nitrogens with zero attached hydrogens (tertiary/aromatic N) is 5. The largest absolute Gasteiger partial charge is 0.433 e. The van der Waals surface area contributed by atoms with Gasteiger partial charge in [0.1, 0.15) is 5.69 Å². The maximum absolute atomic E-state index is 13.1. The third-order valence-electron chi connectivity index (χ3n) is 5.87. The minimum atomic E-state index is -4.53. The average Bonchev–Trinajstić information content (AvgIpc) is 3.11. The smallest absolute Gasteiger partial charge is 0.390 e. The fourth-order valence-electron chi connectivity index (χ4n) is 4.23. The van der Waals surface area contributed by atoms with Gasteiger partial charge in [0.15, 0.2) is 0 Å². The van der Waals surface area contributed by atoms with Crippen molar-refractivity contribution in [2.24, 2.45) is 0 Å². The first-order valence-corrected chi connectivity index (χ1v) is 10.6. The Kier molecular flexibility index (Phi) is 6.39. The third-order valence-corrected chi connectivity index (χ3v) is 6.12. The summed E-state index contributed by atoms with van der Waals surface area (Å²) < 4.78 is 39.3. The Balaban J connectivity index is 1.37. The lowest BCUT2D eigenvalue weighted by atomic mass is 10.1. The Hall–Kier alpha value is -1.94. The first-order chi connectivity index (χ1) is 14.7. The van der Waals surface area contributed by atoms with Crippen LogP contribution in [-0.2, 0) is 12.7 Å². The number of hydrogen-bond acceptors (Lipinski definition) is 6. The van der Waals surface area contributed by atoms with Gasteiger partial charge in [0.2, 0.25) is 5.95 Å². The molecule has 31 heavy (non-hydrogen) atoms. The lowest BCUT2D eigenvalue weighted by molar-refractivity contribution is -0.141.